The highest BCUT2D eigenvalue weighted by Gasteiger charge is 2.14. The highest BCUT2D eigenvalue weighted by molar-refractivity contribution is 8.01. The van der Waals surface area contributed by atoms with Gasteiger partial charge in [-0.25, -0.2) is 0 Å². The van der Waals surface area contributed by atoms with Crippen molar-refractivity contribution < 1.29 is 14.4 Å². The molecule has 3 aromatic rings. The first-order valence-corrected chi connectivity index (χ1v) is 10.8. The Morgan fingerprint density at radius 1 is 1.00 bits per heavy atom. The number of carbonyl (C=O) groups excluding carboxylic acids is 3. The van der Waals surface area contributed by atoms with Crippen LogP contribution in [0.3, 0.4) is 0 Å². The van der Waals surface area contributed by atoms with Crippen LogP contribution >= 0.6 is 34.7 Å². The SMILES string of the molecule is CC(=O)Nc1cccc(NC(=O)CSc2nnc(NC(=O)c3ccccc3Cl)s2)c1. The molecule has 3 rings (SSSR count). The van der Waals surface area contributed by atoms with Crippen LogP contribution in [-0.4, -0.2) is 33.7 Å². The van der Waals surface area contributed by atoms with Crippen LogP contribution in [0.4, 0.5) is 16.5 Å². The number of hydrogen-bond donors (Lipinski definition) is 3. The fraction of sp³-hybridized carbons (Fsp3) is 0.105. The summed E-state index contributed by atoms with van der Waals surface area (Å²) < 4.78 is 0.534. The first kappa shape index (κ1) is 21.8. The normalized spacial score (nSPS) is 10.3. The Balaban J connectivity index is 1.51. The summed E-state index contributed by atoms with van der Waals surface area (Å²) in [7, 11) is 0. The van der Waals surface area contributed by atoms with Crippen molar-refractivity contribution in [3.8, 4) is 0 Å². The Kier molecular flexibility index (Phi) is 7.39. The van der Waals surface area contributed by atoms with Gasteiger partial charge in [0.25, 0.3) is 5.91 Å². The van der Waals surface area contributed by atoms with Gasteiger partial charge in [0, 0.05) is 18.3 Å². The lowest BCUT2D eigenvalue weighted by Gasteiger charge is -2.07. The van der Waals surface area contributed by atoms with Gasteiger partial charge < -0.3 is 10.6 Å². The van der Waals surface area contributed by atoms with Crippen LogP contribution in [0.2, 0.25) is 5.02 Å². The van der Waals surface area contributed by atoms with Gasteiger partial charge in [0.2, 0.25) is 16.9 Å². The molecule has 30 heavy (non-hydrogen) atoms. The minimum atomic E-state index is -0.384. The van der Waals surface area contributed by atoms with E-state index in [1.54, 1.807) is 48.5 Å². The number of benzene rings is 2. The lowest BCUT2D eigenvalue weighted by molar-refractivity contribution is -0.114. The molecular weight excluding hydrogens is 446 g/mol. The van der Waals surface area contributed by atoms with Gasteiger partial charge in [-0.15, -0.1) is 10.2 Å². The maximum atomic E-state index is 12.3. The highest BCUT2D eigenvalue weighted by atomic mass is 35.5. The highest BCUT2D eigenvalue weighted by Crippen LogP contribution is 2.26. The minimum absolute atomic E-state index is 0.109. The molecular formula is C19H16ClN5O3S2. The summed E-state index contributed by atoms with van der Waals surface area (Å²) in [6.07, 6.45) is 0. The summed E-state index contributed by atoms with van der Waals surface area (Å²) in [6, 6.07) is 13.5. The molecule has 8 nitrogen and oxygen atoms in total. The molecule has 2 aromatic carbocycles. The lowest BCUT2D eigenvalue weighted by Crippen LogP contribution is -2.14. The molecule has 0 radical (unpaired) electrons. The van der Waals surface area contributed by atoms with Crippen molar-refractivity contribution >= 4 is 68.9 Å². The molecule has 11 heteroatoms. The van der Waals surface area contributed by atoms with Crippen LogP contribution < -0.4 is 16.0 Å². The second-order valence-corrected chi connectivity index (χ2v) is 8.51. The van der Waals surface area contributed by atoms with Crippen LogP contribution in [0.5, 0.6) is 0 Å². The van der Waals surface area contributed by atoms with Gasteiger partial charge >= 0.3 is 0 Å². The monoisotopic (exact) mass is 461 g/mol. The number of thioether (sulfide) groups is 1. The number of nitrogens with zero attached hydrogens (tertiary/aromatic N) is 2. The van der Waals surface area contributed by atoms with Gasteiger partial charge in [-0.05, 0) is 30.3 Å². The van der Waals surface area contributed by atoms with Crippen molar-refractivity contribution in [1.29, 1.82) is 0 Å². The Morgan fingerprint density at radius 2 is 1.73 bits per heavy atom. The van der Waals surface area contributed by atoms with E-state index >= 15 is 0 Å². The van der Waals surface area contributed by atoms with Crippen LogP contribution in [-0.2, 0) is 9.59 Å². The maximum Gasteiger partial charge on any atom is 0.259 e. The predicted octanol–water partition coefficient (Wildman–Crippen LogP) is 4.13. The quantitative estimate of drug-likeness (QED) is 0.360. The summed E-state index contributed by atoms with van der Waals surface area (Å²) in [4.78, 5) is 35.6. The largest absolute Gasteiger partial charge is 0.326 e. The Bertz CT molecular complexity index is 1090. The summed E-state index contributed by atoms with van der Waals surface area (Å²) in [5, 5.41) is 16.6. The Hall–Kier alpha value is -2.95. The number of amides is 3. The first-order valence-electron chi connectivity index (χ1n) is 8.60. The molecule has 0 fully saturated rings. The standard InChI is InChI=1S/C19H16ClN5O3S2/c1-11(26)21-12-5-4-6-13(9-12)22-16(27)10-29-19-25-24-18(30-19)23-17(28)14-7-2-3-8-15(14)20/h2-9H,10H2,1H3,(H,21,26)(H,22,27)(H,23,24,28). The van der Waals surface area contributed by atoms with E-state index in [2.05, 4.69) is 26.1 Å². The maximum absolute atomic E-state index is 12.3. The second-order valence-electron chi connectivity index (χ2n) is 5.91. The average molecular weight is 462 g/mol. The van der Waals surface area contributed by atoms with E-state index in [0.29, 0.717) is 31.4 Å². The summed E-state index contributed by atoms with van der Waals surface area (Å²) in [5.74, 6) is -0.707. The number of halogens is 1. The molecule has 0 aliphatic rings. The smallest absolute Gasteiger partial charge is 0.259 e. The predicted molar refractivity (Wildman–Crippen MR) is 119 cm³/mol. The topological polar surface area (TPSA) is 113 Å². The molecule has 154 valence electrons. The molecule has 3 amide bonds. The Labute approximate surface area is 185 Å². The van der Waals surface area contributed by atoms with Gasteiger partial charge in [0.1, 0.15) is 0 Å². The van der Waals surface area contributed by atoms with Gasteiger partial charge in [0.05, 0.1) is 16.3 Å². The fourth-order valence-corrected chi connectivity index (χ4v) is 4.10. The van der Waals surface area contributed by atoms with E-state index in [1.165, 1.54) is 18.7 Å². The van der Waals surface area contributed by atoms with Crippen LogP contribution in [0.1, 0.15) is 17.3 Å². The summed E-state index contributed by atoms with van der Waals surface area (Å²) in [5.41, 5.74) is 1.50. The first-order chi connectivity index (χ1) is 14.4. The van der Waals surface area contributed by atoms with Crippen molar-refractivity contribution in [3.05, 3.63) is 59.1 Å². The van der Waals surface area contributed by atoms with E-state index in [4.69, 9.17) is 11.6 Å². The molecule has 1 heterocycles. The summed E-state index contributed by atoms with van der Waals surface area (Å²) >= 11 is 8.37. The number of anilines is 3. The van der Waals surface area contributed by atoms with E-state index in [0.717, 1.165) is 11.3 Å². The van der Waals surface area contributed by atoms with Crippen LogP contribution in [0.15, 0.2) is 52.9 Å². The number of carbonyl (C=O) groups is 3. The van der Waals surface area contributed by atoms with Crippen molar-refractivity contribution in [2.45, 2.75) is 11.3 Å². The van der Waals surface area contributed by atoms with E-state index in [9.17, 15) is 14.4 Å². The van der Waals surface area contributed by atoms with Crippen LogP contribution in [0, 0.1) is 0 Å². The van der Waals surface area contributed by atoms with Crippen molar-refractivity contribution in [2.75, 3.05) is 21.7 Å². The van der Waals surface area contributed by atoms with Crippen molar-refractivity contribution in [1.82, 2.24) is 10.2 Å². The molecule has 0 atom stereocenters. The lowest BCUT2D eigenvalue weighted by atomic mass is 10.2. The van der Waals surface area contributed by atoms with Gasteiger partial charge in [-0.1, -0.05) is 52.9 Å². The molecule has 0 bridgehead atoms. The zero-order valence-electron chi connectivity index (χ0n) is 15.6. The second kappa shape index (κ2) is 10.2. The zero-order chi connectivity index (χ0) is 21.5. The molecule has 0 saturated heterocycles. The van der Waals surface area contributed by atoms with Gasteiger partial charge in [-0.3, -0.25) is 19.7 Å². The van der Waals surface area contributed by atoms with E-state index < -0.39 is 0 Å². The Morgan fingerprint density at radius 3 is 2.47 bits per heavy atom. The zero-order valence-corrected chi connectivity index (χ0v) is 18.0. The molecule has 0 spiro atoms. The average Bonchev–Trinajstić information content (AvgIpc) is 3.14. The van der Waals surface area contributed by atoms with Gasteiger partial charge in [0.15, 0.2) is 4.34 Å². The van der Waals surface area contributed by atoms with E-state index in [-0.39, 0.29) is 23.5 Å². The van der Waals surface area contributed by atoms with Crippen LogP contribution in [0.25, 0.3) is 0 Å². The molecule has 1 aromatic heterocycles. The number of aromatic nitrogens is 2. The third-order valence-electron chi connectivity index (χ3n) is 3.54. The minimum Gasteiger partial charge on any atom is -0.326 e. The van der Waals surface area contributed by atoms with Crippen molar-refractivity contribution in [3.63, 3.8) is 0 Å². The third kappa shape index (κ3) is 6.28. The third-order valence-corrected chi connectivity index (χ3v) is 5.84. The fourth-order valence-electron chi connectivity index (χ4n) is 2.33. The molecule has 3 N–H and O–H groups in total. The van der Waals surface area contributed by atoms with Crippen molar-refractivity contribution in [2.24, 2.45) is 0 Å². The van der Waals surface area contributed by atoms with E-state index in [1.807, 2.05) is 0 Å². The molecule has 0 aliphatic heterocycles. The van der Waals surface area contributed by atoms with Gasteiger partial charge in [-0.2, -0.15) is 0 Å². The summed E-state index contributed by atoms with van der Waals surface area (Å²) in [6.45, 7) is 1.41. The number of nitrogens with one attached hydrogen (secondary N) is 3. The number of hydrogen-bond acceptors (Lipinski definition) is 7. The molecule has 0 saturated carbocycles. The molecule has 0 unspecified atom stereocenters. The number of rotatable bonds is 7. The molecule has 0 aliphatic carbocycles.